The Balaban J connectivity index is 1.30. The number of hydrogen-bond acceptors (Lipinski definition) is 8. The maximum Gasteiger partial charge on any atom is 0.263 e. The maximum absolute atomic E-state index is 13.1. The topological polar surface area (TPSA) is 128 Å². The van der Waals surface area contributed by atoms with Crippen LogP contribution < -0.4 is 15.4 Å². The molecule has 2 aromatic heterocycles. The van der Waals surface area contributed by atoms with Crippen molar-refractivity contribution >= 4 is 28.7 Å². The Morgan fingerprint density at radius 3 is 2.32 bits per heavy atom. The van der Waals surface area contributed by atoms with Crippen molar-refractivity contribution in [3.63, 3.8) is 0 Å². The number of carbonyl (C=O) groups excluding carboxylic acids is 2. The van der Waals surface area contributed by atoms with Gasteiger partial charge in [-0.15, -0.1) is 0 Å². The molecule has 2 N–H and O–H groups in total. The van der Waals surface area contributed by atoms with Crippen LogP contribution in [0.5, 0.6) is 5.75 Å². The highest BCUT2D eigenvalue weighted by Crippen LogP contribution is 2.35. The van der Waals surface area contributed by atoms with Crippen molar-refractivity contribution in [1.82, 2.24) is 20.0 Å². The van der Waals surface area contributed by atoms with Gasteiger partial charge >= 0.3 is 0 Å². The number of rotatable bonds is 5. The number of nitrogens with zero attached hydrogens (tertiary/aromatic N) is 5. The summed E-state index contributed by atoms with van der Waals surface area (Å²) in [6, 6.07) is 7.61. The average Bonchev–Trinajstić information content (AvgIpc) is 3.33. The van der Waals surface area contributed by atoms with E-state index >= 15 is 0 Å². The Labute approximate surface area is 197 Å². The van der Waals surface area contributed by atoms with Crippen LogP contribution in [0.15, 0.2) is 35.1 Å². The van der Waals surface area contributed by atoms with Gasteiger partial charge in [0.05, 0.1) is 7.11 Å². The van der Waals surface area contributed by atoms with Crippen LogP contribution in [0, 0.1) is 11.8 Å². The van der Waals surface area contributed by atoms with Gasteiger partial charge in [-0.3, -0.25) is 9.59 Å². The third-order valence-electron chi connectivity index (χ3n) is 6.97. The van der Waals surface area contributed by atoms with Gasteiger partial charge in [0.1, 0.15) is 29.0 Å². The second kappa shape index (κ2) is 9.28. The van der Waals surface area contributed by atoms with Gasteiger partial charge in [0.15, 0.2) is 0 Å². The van der Waals surface area contributed by atoms with Crippen LogP contribution in [-0.2, 0) is 9.59 Å². The fraction of sp³-hybridized carbons (Fsp3) is 0.458. The molecule has 3 aromatic rings. The summed E-state index contributed by atoms with van der Waals surface area (Å²) in [6.45, 7) is 2.61. The number of carbonyl (C=O) groups is 2. The van der Waals surface area contributed by atoms with Gasteiger partial charge in [0.2, 0.25) is 11.8 Å². The van der Waals surface area contributed by atoms with Crippen LogP contribution in [0.3, 0.4) is 0 Å². The number of piperidine rings is 2. The Bertz CT molecular complexity index is 1180. The minimum atomic E-state index is -0.265. The zero-order chi connectivity index (χ0) is 23.7. The molecule has 0 atom stereocenters. The number of likely N-dealkylation sites (tertiary alicyclic amines) is 1. The lowest BCUT2D eigenvalue weighted by molar-refractivity contribution is -0.139. The summed E-state index contributed by atoms with van der Waals surface area (Å²) >= 11 is 0. The molecule has 5 rings (SSSR count). The van der Waals surface area contributed by atoms with E-state index in [0.717, 1.165) is 35.4 Å². The van der Waals surface area contributed by atoms with Gasteiger partial charge in [-0.05, 0) is 49.9 Å². The lowest BCUT2D eigenvalue weighted by Crippen LogP contribution is -2.47. The monoisotopic (exact) mass is 464 g/mol. The van der Waals surface area contributed by atoms with Crippen LogP contribution in [0.4, 0.5) is 5.82 Å². The van der Waals surface area contributed by atoms with Crippen molar-refractivity contribution in [3.05, 3.63) is 30.6 Å². The number of aromatic nitrogens is 3. The zero-order valence-corrected chi connectivity index (χ0v) is 19.1. The molecule has 2 fully saturated rings. The van der Waals surface area contributed by atoms with Crippen LogP contribution in [0.2, 0.25) is 0 Å². The molecule has 178 valence electrons. The summed E-state index contributed by atoms with van der Waals surface area (Å²) < 4.78 is 10.8. The molecule has 2 saturated heterocycles. The first-order valence-electron chi connectivity index (χ1n) is 11.6. The molecule has 0 spiro atoms. The van der Waals surface area contributed by atoms with Crippen molar-refractivity contribution < 1.29 is 18.8 Å². The second-order valence-electron chi connectivity index (χ2n) is 8.90. The number of hydrogen-bond donors (Lipinski definition) is 1. The van der Waals surface area contributed by atoms with Gasteiger partial charge < -0.3 is 24.8 Å². The Kier molecular flexibility index (Phi) is 6.04. The van der Waals surface area contributed by atoms with Crippen molar-refractivity contribution in [2.45, 2.75) is 25.7 Å². The Morgan fingerprint density at radius 1 is 1.00 bits per heavy atom. The fourth-order valence-corrected chi connectivity index (χ4v) is 4.94. The Morgan fingerprint density at radius 2 is 1.68 bits per heavy atom. The van der Waals surface area contributed by atoms with E-state index in [1.807, 2.05) is 29.2 Å². The molecular weight excluding hydrogens is 436 g/mol. The third-order valence-corrected chi connectivity index (χ3v) is 6.97. The van der Waals surface area contributed by atoms with Crippen molar-refractivity contribution in [3.8, 4) is 17.0 Å². The highest BCUT2D eigenvalue weighted by atomic mass is 16.5. The molecule has 0 aliphatic carbocycles. The van der Waals surface area contributed by atoms with E-state index in [1.165, 1.54) is 6.33 Å². The summed E-state index contributed by atoms with van der Waals surface area (Å²) in [6.07, 6.45) is 4.27. The lowest BCUT2D eigenvalue weighted by atomic mass is 9.91. The molecule has 0 bridgehead atoms. The number of amides is 2. The quantitative estimate of drug-likeness (QED) is 0.609. The standard InChI is InChI=1S/C24H28N6O4/c1-33-18-4-2-15(3-5-18)20-19-22(26-14-27-23(19)34-28-20)29-10-8-17(9-11-29)24(32)30-12-6-16(7-13-30)21(25)31/h2-5,14,16-17H,6-13H2,1H3,(H2,25,31). The molecule has 10 heteroatoms. The predicted molar refractivity (Wildman–Crippen MR) is 125 cm³/mol. The summed E-state index contributed by atoms with van der Waals surface area (Å²) in [4.78, 5) is 37.4. The number of fused-ring (bicyclic) bond motifs is 1. The molecule has 0 saturated carbocycles. The number of nitrogens with two attached hydrogens (primary N) is 1. The first-order valence-corrected chi connectivity index (χ1v) is 11.6. The van der Waals surface area contributed by atoms with E-state index < -0.39 is 0 Å². The van der Waals surface area contributed by atoms with E-state index in [1.54, 1.807) is 7.11 Å². The normalized spacial score (nSPS) is 17.8. The van der Waals surface area contributed by atoms with E-state index in [2.05, 4.69) is 20.0 Å². The molecule has 2 amide bonds. The summed E-state index contributed by atoms with van der Waals surface area (Å²) in [5.41, 5.74) is 7.43. The number of anilines is 1. The molecule has 0 unspecified atom stereocenters. The number of methoxy groups -OCH3 is 1. The number of primary amides is 1. The van der Waals surface area contributed by atoms with Crippen molar-refractivity contribution in [1.29, 1.82) is 0 Å². The van der Waals surface area contributed by atoms with Crippen molar-refractivity contribution in [2.75, 3.05) is 38.2 Å². The van der Waals surface area contributed by atoms with Crippen molar-refractivity contribution in [2.24, 2.45) is 17.6 Å². The number of benzene rings is 1. The van der Waals surface area contributed by atoms with E-state index in [0.29, 0.717) is 50.4 Å². The SMILES string of the molecule is COc1ccc(-c2noc3ncnc(N4CCC(C(=O)N5CCC(C(N)=O)CC5)CC4)c23)cc1. The fourth-order valence-electron chi connectivity index (χ4n) is 4.94. The van der Waals surface area contributed by atoms with E-state index in [9.17, 15) is 9.59 Å². The van der Waals surface area contributed by atoms with Gasteiger partial charge in [-0.1, -0.05) is 5.16 Å². The zero-order valence-electron chi connectivity index (χ0n) is 19.1. The molecule has 0 radical (unpaired) electrons. The van der Waals surface area contributed by atoms with Crippen LogP contribution in [-0.4, -0.2) is 65.1 Å². The first-order chi connectivity index (χ1) is 16.5. The van der Waals surface area contributed by atoms with Crippen LogP contribution >= 0.6 is 0 Å². The average molecular weight is 465 g/mol. The molecule has 4 heterocycles. The third kappa shape index (κ3) is 4.15. The molecule has 34 heavy (non-hydrogen) atoms. The predicted octanol–water partition coefficient (Wildman–Crippen LogP) is 2.23. The van der Waals surface area contributed by atoms with E-state index in [-0.39, 0.29) is 23.7 Å². The minimum Gasteiger partial charge on any atom is -0.497 e. The summed E-state index contributed by atoms with van der Waals surface area (Å²) in [7, 11) is 1.63. The van der Waals surface area contributed by atoms with Gasteiger partial charge in [0, 0.05) is 43.6 Å². The maximum atomic E-state index is 13.1. The lowest BCUT2D eigenvalue weighted by Gasteiger charge is -2.37. The van der Waals surface area contributed by atoms with Crippen LogP contribution in [0.25, 0.3) is 22.4 Å². The summed E-state index contributed by atoms with van der Waals surface area (Å²) in [5.74, 6) is 1.30. The van der Waals surface area contributed by atoms with Crippen LogP contribution in [0.1, 0.15) is 25.7 Å². The molecule has 1 aromatic carbocycles. The molecule has 2 aliphatic heterocycles. The first kappa shape index (κ1) is 22.1. The minimum absolute atomic E-state index is 0.0257. The number of ether oxygens (including phenoxy) is 1. The van der Waals surface area contributed by atoms with Gasteiger partial charge in [0.25, 0.3) is 5.71 Å². The molecular formula is C24H28N6O4. The second-order valence-corrected chi connectivity index (χ2v) is 8.90. The van der Waals surface area contributed by atoms with E-state index in [4.69, 9.17) is 15.0 Å². The smallest absolute Gasteiger partial charge is 0.263 e. The van der Waals surface area contributed by atoms with Gasteiger partial charge in [-0.2, -0.15) is 4.98 Å². The summed E-state index contributed by atoms with van der Waals surface area (Å²) in [5, 5.41) is 5.03. The molecule has 10 nitrogen and oxygen atoms in total. The van der Waals surface area contributed by atoms with Gasteiger partial charge in [-0.25, -0.2) is 4.98 Å². The molecule has 2 aliphatic rings. The largest absolute Gasteiger partial charge is 0.497 e. The highest BCUT2D eigenvalue weighted by Gasteiger charge is 2.33. The highest BCUT2D eigenvalue weighted by molar-refractivity contribution is 5.98. The Hall–Kier alpha value is -3.69.